The molecule has 1 heterocycles. The normalized spacial score (nSPS) is 12.3. The van der Waals surface area contributed by atoms with Gasteiger partial charge >= 0.3 is 0 Å². The minimum atomic E-state index is 0.270. The number of aromatic nitrogens is 2. The van der Waals surface area contributed by atoms with Crippen LogP contribution in [0.25, 0.3) is 0 Å². The number of anilines is 1. The molecule has 0 bridgehead atoms. The fourth-order valence-electron chi connectivity index (χ4n) is 2.38. The molecular formula is C16H23N3O. The van der Waals surface area contributed by atoms with Gasteiger partial charge in [-0.15, -0.1) is 0 Å². The second-order valence-electron chi connectivity index (χ2n) is 4.94. The third kappa shape index (κ3) is 3.39. The van der Waals surface area contributed by atoms with E-state index in [4.69, 9.17) is 4.74 Å². The first-order valence-electron chi connectivity index (χ1n) is 7.08. The zero-order valence-electron chi connectivity index (χ0n) is 12.5. The van der Waals surface area contributed by atoms with Gasteiger partial charge in [0.05, 0.1) is 12.6 Å². The Bertz CT molecular complexity index is 536. The predicted octanol–water partition coefficient (Wildman–Crippen LogP) is 3.27. The number of hydrogen-bond acceptors (Lipinski definition) is 3. The number of nitrogens with one attached hydrogen (secondary N) is 1. The molecule has 0 radical (unpaired) electrons. The van der Waals surface area contributed by atoms with Gasteiger partial charge in [0.2, 0.25) is 5.95 Å². The van der Waals surface area contributed by atoms with Crippen molar-refractivity contribution in [1.82, 2.24) is 9.55 Å². The zero-order chi connectivity index (χ0) is 14.4. The summed E-state index contributed by atoms with van der Waals surface area (Å²) in [5, 5.41) is 3.42. The van der Waals surface area contributed by atoms with Crippen molar-refractivity contribution >= 4 is 5.95 Å². The van der Waals surface area contributed by atoms with Gasteiger partial charge in [-0.1, -0.05) is 31.2 Å². The molecule has 0 saturated carbocycles. The first-order valence-corrected chi connectivity index (χ1v) is 7.08. The van der Waals surface area contributed by atoms with Crippen LogP contribution in [0.5, 0.6) is 0 Å². The third-order valence-corrected chi connectivity index (χ3v) is 3.49. The molecule has 1 aromatic heterocycles. The second kappa shape index (κ2) is 7.10. The van der Waals surface area contributed by atoms with Crippen LogP contribution in [0.2, 0.25) is 0 Å². The van der Waals surface area contributed by atoms with E-state index in [1.807, 2.05) is 12.4 Å². The number of methoxy groups -OCH3 is 1. The van der Waals surface area contributed by atoms with Crippen molar-refractivity contribution < 1.29 is 4.74 Å². The summed E-state index contributed by atoms with van der Waals surface area (Å²) in [6, 6.07) is 8.78. The van der Waals surface area contributed by atoms with Gasteiger partial charge in [-0.3, -0.25) is 0 Å². The van der Waals surface area contributed by atoms with E-state index in [0.717, 1.165) is 18.9 Å². The SMILES string of the molecule is CCc1ccccc1CNc1nccn1C(C)COC. The van der Waals surface area contributed by atoms with Crippen LogP contribution < -0.4 is 5.32 Å². The summed E-state index contributed by atoms with van der Waals surface area (Å²) in [6.45, 7) is 5.77. The third-order valence-electron chi connectivity index (χ3n) is 3.49. The lowest BCUT2D eigenvalue weighted by atomic mass is 10.1. The maximum atomic E-state index is 5.21. The Morgan fingerprint density at radius 2 is 2.05 bits per heavy atom. The van der Waals surface area contributed by atoms with Gasteiger partial charge in [0.1, 0.15) is 0 Å². The van der Waals surface area contributed by atoms with Crippen LogP contribution in [0.3, 0.4) is 0 Å². The predicted molar refractivity (Wildman–Crippen MR) is 82.0 cm³/mol. The summed E-state index contributed by atoms with van der Waals surface area (Å²) in [6.07, 6.45) is 4.85. The molecule has 2 rings (SSSR count). The molecular weight excluding hydrogens is 250 g/mol. The summed E-state index contributed by atoms with van der Waals surface area (Å²) < 4.78 is 7.31. The molecule has 1 atom stereocenters. The average molecular weight is 273 g/mol. The van der Waals surface area contributed by atoms with Gasteiger partial charge in [-0.25, -0.2) is 4.98 Å². The van der Waals surface area contributed by atoms with Gasteiger partial charge in [0.15, 0.2) is 0 Å². The molecule has 0 aliphatic carbocycles. The summed E-state index contributed by atoms with van der Waals surface area (Å²) >= 11 is 0. The smallest absolute Gasteiger partial charge is 0.203 e. The molecule has 1 unspecified atom stereocenters. The van der Waals surface area contributed by atoms with E-state index < -0.39 is 0 Å². The Kier molecular flexibility index (Phi) is 5.18. The van der Waals surface area contributed by atoms with E-state index in [0.29, 0.717) is 6.61 Å². The molecule has 0 aliphatic rings. The summed E-state index contributed by atoms with van der Waals surface area (Å²) in [4.78, 5) is 4.39. The number of imidazole rings is 1. The molecule has 0 saturated heterocycles. The second-order valence-corrected chi connectivity index (χ2v) is 4.94. The van der Waals surface area contributed by atoms with Crippen molar-refractivity contribution in [2.45, 2.75) is 32.9 Å². The first-order chi connectivity index (χ1) is 9.76. The van der Waals surface area contributed by atoms with Gasteiger partial charge in [0, 0.05) is 26.0 Å². The highest BCUT2D eigenvalue weighted by molar-refractivity contribution is 5.33. The monoisotopic (exact) mass is 273 g/mol. The van der Waals surface area contributed by atoms with Crippen LogP contribution in [-0.4, -0.2) is 23.3 Å². The molecule has 20 heavy (non-hydrogen) atoms. The molecule has 2 aromatic rings. The highest BCUT2D eigenvalue weighted by atomic mass is 16.5. The number of benzene rings is 1. The van der Waals surface area contributed by atoms with Gasteiger partial charge in [-0.05, 0) is 24.5 Å². The lowest BCUT2D eigenvalue weighted by Gasteiger charge is -2.16. The van der Waals surface area contributed by atoms with Gasteiger partial charge < -0.3 is 14.6 Å². The highest BCUT2D eigenvalue weighted by Gasteiger charge is 2.09. The van der Waals surface area contributed by atoms with E-state index in [2.05, 4.69) is 53.0 Å². The highest BCUT2D eigenvalue weighted by Crippen LogP contribution is 2.16. The number of rotatable bonds is 7. The van der Waals surface area contributed by atoms with Crippen LogP contribution in [0, 0.1) is 0 Å². The molecule has 108 valence electrons. The van der Waals surface area contributed by atoms with E-state index in [1.165, 1.54) is 11.1 Å². The molecule has 0 fully saturated rings. The maximum Gasteiger partial charge on any atom is 0.203 e. The molecule has 4 nitrogen and oxygen atoms in total. The Balaban J connectivity index is 2.06. The molecule has 0 aliphatic heterocycles. The lowest BCUT2D eigenvalue weighted by Crippen LogP contribution is -2.14. The number of ether oxygens (including phenoxy) is 1. The van der Waals surface area contributed by atoms with Crippen molar-refractivity contribution in [2.24, 2.45) is 0 Å². The van der Waals surface area contributed by atoms with E-state index in [9.17, 15) is 0 Å². The van der Waals surface area contributed by atoms with E-state index in [1.54, 1.807) is 7.11 Å². The summed E-state index contributed by atoms with van der Waals surface area (Å²) in [5.41, 5.74) is 2.70. The fraction of sp³-hybridized carbons (Fsp3) is 0.438. The first kappa shape index (κ1) is 14.6. The summed E-state index contributed by atoms with van der Waals surface area (Å²) in [5.74, 6) is 0.889. The van der Waals surface area contributed by atoms with Crippen LogP contribution in [0.15, 0.2) is 36.7 Å². The van der Waals surface area contributed by atoms with Crippen LogP contribution in [0.1, 0.15) is 31.0 Å². The van der Waals surface area contributed by atoms with Crippen molar-refractivity contribution in [1.29, 1.82) is 0 Å². The molecule has 1 N–H and O–H groups in total. The van der Waals surface area contributed by atoms with Crippen molar-refractivity contribution in [3.63, 3.8) is 0 Å². The standard InChI is InChI=1S/C16H23N3O/c1-4-14-7-5-6-8-15(14)11-18-16-17-9-10-19(16)13(2)12-20-3/h5-10,13H,4,11-12H2,1-3H3,(H,17,18). The van der Waals surface area contributed by atoms with Crippen LogP contribution in [0.4, 0.5) is 5.95 Å². The Morgan fingerprint density at radius 1 is 1.30 bits per heavy atom. The average Bonchev–Trinajstić information content (AvgIpc) is 2.94. The molecule has 4 heteroatoms. The van der Waals surface area contributed by atoms with Crippen LogP contribution >= 0.6 is 0 Å². The lowest BCUT2D eigenvalue weighted by molar-refractivity contribution is 0.163. The van der Waals surface area contributed by atoms with Gasteiger partial charge in [-0.2, -0.15) is 0 Å². The van der Waals surface area contributed by atoms with Crippen molar-refractivity contribution in [2.75, 3.05) is 19.0 Å². The topological polar surface area (TPSA) is 39.1 Å². The largest absolute Gasteiger partial charge is 0.383 e. The minimum Gasteiger partial charge on any atom is -0.383 e. The quantitative estimate of drug-likeness (QED) is 0.841. The Hall–Kier alpha value is -1.81. The number of nitrogens with zero attached hydrogens (tertiary/aromatic N) is 2. The van der Waals surface area contributed by atoms with E-state index in [-0.39, 0.29) is 6.04 Å². The molecule has 1 aromatic carbocycles. The zero-order valence-corrected chi connectivity index (χ0v) is 12.5. The fourth-order valence-corrected chi connectivity index (χ4v) is 2.38. The number of hydrogen-bond donors (Lipinski definition) is 1. The number of aryl methyl sites for hydroxylation is 1. The van der Waals surface area contributed by atoms with Crippen LogP contribution in [-0.2, 0) is 17.7 Å². The minimum absolute atomic E-state index is 0.270. The van der Waals surface area contributed by atoms with Crippen molar-refractivity contribution in [3.8, 4) is 0 Å². The van der Waals surface area contributed by atoms with Crippen molar-refractivity contribution in [3.05, 3.63) is 47.8 Å². The van der Waals surface area contributed by atoms with E-state index >= 15 is 0 Å². The molecule has 0 spiro atoms. The molecule has 0 amide bonds. The Morgan fingerprint density at radius 3 is 2.75 bits per heavy atom. The van der Waals surface area contributed by atoms with Gasteiger partial charge in [0.25, 0.3) is 0 Å². The summed E-state index contributed by atoms with van der Waals surface area (Å²) in [7, 11) is 1.72. The maximum absolute atomic E-state index is 5.21. The Labute approximate surface area is 120 Å².